The van der Waals surface area contributed by atoms with Gasteiger partial charge in [-0.05, 0) is 24.1 Å². The van der Waals surface area contributed by atoms with Crippen molar-refractivity contribution in [2.45, 2.75) is 25.9 Å². The first-order valence-corrected chi connectivity index (χ1v) is 6.37. The average molecular weight is 256 g/mol. The standard InChI is InChI=1S/C13H18ClNO2/c1-2-11-9-17-6-5-15(11)8-10-3-4-13(16)12(14)7-10/h3-4,7,11,16H,2,5-6,8-9H2,1H3. The molecule has 0 aromatic heterocycles. The summed E-state index contributed by atoms with van der Waals surface area (Å²) in [5.41, 5.74) is 1.13. The van der Waals surface area contributed by atoms with E-state index < -0.39 is 0 Å². The van der Waals surface area contributed by atoms with Crippen LogP contribution in [0, 0.1) is 0 Å². The van der Waals surface area contributed by atoms with Crippen LogP contribution in [-0.2, 0) is 11.3 Å². The van der Waals surface area contributed by atoms with Crippen LogP contribution >= 0.6 is 11.6 Å². The molecule has 0 saturated carbocycles. The van der Waals surface area contributed by atoms with E-state index in [0.29, 0.717) is 11.1 Å². The van der Waals surface area contributed by atoms with E-state index in [0.717, 1.165) is 38.3 Å². The van der Waals surface area contributed by atoms with E-state index in [2.05, 4.69) is 11.8 Å². The van der Waals surface area contributed by atoms with Gasteiger partial charge in [-0.15, -0.1) is 0 Å². The van der Waals surface area contributed by atoms with Gasteiger partial charge in [0.25, 0.3) is 0 Å². The van der Waals surface area contributed by atoms with Gasteiger partial charge in [0.05, 0.1) is 18.2 Å². The molecule has 1 saturated heterocycles. The monoisotopic (exact) mass is 255 g/mol. The molecule has 1 aromatic carbocycles. The van der Waals surface area contributed by atoms with Gasteiger partial charge in [0.15, 0.2) is 0 Å². The van der Waals surface area contributed by atoms with E-state index in [1.165, 1.54) is 0 Å². The number of halogens is 1. The Morgan fingerprint density at radius 1 is 1.53 bits per heavy atom. The van der Waals surface area contributed by atoms with Crippen molar-refractivity contribution in [2.24, 2.45) is 0 Å². The largest absolute Gasteiger partial charge is 0.506 e. The molecule has 1 atom stereocenters. The van der Waals surface area contributed by atoms with Crippen molar-refractivity contribution in [2.75, 3.05) is 19.8 Å². The highest BCUT2D eigenvalue weighted by Gasteiger charge is 2.21. The Morgan fingerprint density at radius 2 is 2.35 bits per heavy atom. The molecule has 1 aliphatic heterocycles. The normalized spacial score (nSPS) is 21.6. The van der Waals surface area contributed by atoms with E-state index in [-0.39, 0.29) is 5.75 Å². The summed E-state index contributed by atoms with van der Waals surface area (Å²) in [5.74, 6) is 0.143. The molecular weight excluding hydrogens is 238 g/mol. The number of aromatic hydroxyl groups is 1. The first-order chi connectivity index (χ1) is 8.20. The Morgan fingerprint density at radius 3 is 3.06 bits per heavy atom. The summed E-state index contributed by atoms with van der Waals surface area (Å²) in [7, 11) is 0. The van der Waals surface area contributed by atoms with Gasteiger partial charge >= 0.3 is 0 Å². The molecule has 1 aromatic rings. The van der Waals surface area contributed by atoms with Crippen LogP contribution in [0.1, 0.15) is 18.9 Å². The quantitative estimate of drug-likeness (QED) is 0.901. The Bertz CT molecular complexity index is 384. The Balaban J connectivity index is 2.05. The van der Waals surface area contributed by atoms with Crippen molar-refractivity contribution in [3.63, 3.8) is 0 Å². The van der Waals surface area contributed by atoms with Crippen molar-refractivity contribution >= 4 is 11.6 Å². The molecule has 1 aliphatic rings. The summed E-state index contributed by atoms with van der Waals surface area (Å²) in [6, 6.07) is 5.89. The molecule has 0 spiro atoms. The maximum atomic E-state index is 9.38. The minimum Gasteiger partial charge on any atom is -0.506 e. The summed E-state index contributed by atoms with van der Waals surface area (Å²) in [5, 5.41) is 9.80. The van der Waals surface area contributed by atoms with Crippen molar-refractivity contribution in [3.05, 3.63) is 28.8 Å². The second kappa shape index (κ2) is 5.71. The third kappa shape index (κ3) is 3.12. The summed E-state index contributed by atoms with van der Waals surface area (Å²) in [6.45, 7) is 5.60. The van der Waals surface area contributed by atoms with Gasteiger partial charge < -0.3 is 9.84 Å². The number of phenols is 1. The molecular formula is C13H18ClNO2. The Kier molecular flexibility index (Phi) is 4.26. The molecule has 0 amide bonds. The number of hydrogen-bond acceptors (Lipinski definition) is 3. The van der Waals surface area contributed by atoms with Crippen molar-refractivity contribution in [3.8, 4) is 5.75 Å². The van der Waals surface area contributed by atoms with Crippen LogP contribution in [0.25, 0.3) is 0 Å². The molecule has 3 nitrogen and oxygen atoms in total. The van der Waals surface area contributed by atoms with Gasteiger partial charge in [-0.3, -0.25) is 4.90 Å². The predicted octanol–water partition coefficient (Wildman–Crippen LogP) is 2.66. The minimum atomic E-state index is 0.143. The number of nitrogens with zero attached hydrogens (tertiary/aromatic N) is 1. The molecule has 1 unspecified atom stereocenters. The van der Waals surface area contributed by atoms with E-state index in [4.69, 9.17) is 16.3 Å². The predicted molar refractivity (Wildman–Crippen MR) is 68.4 cm³/mol. The minimum absolute atomic E-state index is 0.143. The van der Waals surface area contributed by atoms with E-state index >= 15 is 0 Å². The molecule has 0 aliphatic carbocycles. The lowest BCUT2D eigenvalue weighted by molar-refractivity contribution is -0.0127. The van der Waals surface area contributed by atoms with Crippen molar-refractivity contribution < 1.29 is 9.84 Å². The van der Waals surface area contributed by atoms with Crippen molar-refractivity contribution in [1.29, 1.82) is 0 Å². The molecule has 0 bridgehead atoms. The maximum absolute atomic E-state index is 9.38. The number of hydrogen-bond donors (Lipinski definition) is 1. The molecule has 17 heavy (non-hydrogen) atoms. The fourth-order valence-electron chi connectivity index (χ4n) is 2.16. The molecule has 0 radical (unpaired) electrons. The second-order valence-corrected chi connectivity index (χ2v) is 4.80. The van der Waals surface area contributed by atoms with Gasteiger partial charge in [-0.2, -0.15) is 0 Å². The van der Waals surface area contributed by atoms with Crippen molar-refractivity contribution in [1.82, 2.24) is 4.90 Å². The molecule has 1 fully saturated rings. The zero-order valence-electron chi connectivity index (χ0n) is 10.0. The van der Waals surface area contributed by atoms with Crippen LogP contribution in [0.5, 0.6) is 5.75 Å². The first-order valence-electron chi connectivity index (χ1n) is 6.00. The third-order valence-corrected chi connectivity index (χ3v) is 3.52. The summed E-state index contributed by atoms with van der Waals surface area (Å²) in [6.07, 6.45) is 1.09. The lowest BCUT2D eigenvalue weighted by atomic mass is 10.1. The Labute approximate surface area is 107 Å². The van der Waals surface area contributed by atoms with Gasteiger partial charge in [-0.25, -0.2) is 0 Å². The smallest absolute Gasteiger partial charge is 0.134 e. The van der Waals surface area contributed by atoms with E-state index in [1.807, 2.05) is 12.1 Å². The lowest BCUT2D eigenvalue weighted by Gasteiger charge is -2.35. The van der Waals surface area contributed by atoms with Crippen LogP contribution in [0.2, 0.25) is 5.02 Å². The van der Waals surface area contributed by atoms with Crippen LogP contribution in [0.4, 0.5) is 0 Å². The molecule has 1 heterocycles. The summed E-state index contributed by atoms with van der Waals surface area (Å²) in [4.78, 5) is 2.41. The number of morpholine rings is 1. The zero-order chi connectivity index (χ0) is 12.3. The molecule has 94 valence electrons. The maximum Gasteiger partial charge on any atom is 0.134 e. The summed E-state index contributed by atoms with van der Waals surface area (Å²) < 4.78 is 5.48. The molecule has 1 N–H and O–H groups in total. The second-order valence-electron chi connectivity index (χ2n) is 4.39. The average Bonchev–Trinajstić information content (AvgIpc) is 2.34. The van der Waals surface area contributed by atoms with Crippen LogP contribution in [-0.4, -0.2) is 35.8 Å². The van der Waals surface area contributed by atoms with Crippen LogP contribution in [0.3, 0.4) is 0 Å². The van der Waals surface area contributed by atoms with Gasteiger partial charge in [-0.1, -0.05) is 24.6 Å². The molecule has 4 heteroatoms. The highest BCUT2D eigenvalue weighted by molar-refractivity contribution is 6.32. The Hall–Kier alpha value is -0.770. The third-order valence-electron chi connectivity index (χ3n) is 3.22. The fraction of sp³-hybridized carbons (Fsp3) is 0.538. The highest BCUT2D eigenvalue weighted by Crippen LogP contribution is 2.25. The zero-order valence-corrected chi connectivity index (χ0v) is 10.8. The van der Waals surface area contributed by atoms with Gasteiger partial charge in [0, 0.05) is 19.1 Å². The number of ether oxygens (including phenoxy) is 1. The van der Waals surface area contributed by atoms with Gasteiger partial charge in [0.2, 0.25) is 0 Å². The number of rotatable bonds is 3. The number of benzene rings is 1. The SMILES string of the molecule is CCC1COCCN1Cc1ccc(O)c(Cl)c1. The van der Waals surface area contributed by atoms with E-state index in [9.17, 15) is 5.11 Å². The van der Waals surface area contributed by atoms with Crippen LogP contribution < -0.4 is 0 Å². The first kappa shape index (κ1) is 12.7. The van der Waals surface area contributed by atoms with Crippen LogP contribution in [0.15, 0.2) is 18.2 Å². The fourth-order valence-corrected chi connectivity index (χ4v) is 2.36. The number of phenolic OH excluding ortho intramolecular Hbond substituents is 1. The molecule has 2 rings (SSSR count). The lowest BCUT2D eigenvalue weighted by Crippen LogP contribution is -2.44. The highest BCUT2D eigenvalue weighted by atomic mass is 35.5. The van der Waals surface area contributed by atoms with E-state index in [1.54, 1.807) is 6.07 Å². The van der Waals surface area contributed by atoms with Gasteiger partial charge in [0.1, 0.15) is 5.75 Å². The summed E-state index contributed by atoms with van der Waals surface area (Å²) >= 11 is 5.91. The topological polar surface area (TPSA) is 32.7 Å².